The van der Waals surface area contributed by atoms with Crippen molar-refractivity contribution in [3.05, 3.63) is 35.9 Å². The molecule has 7 nitrogen and oxygen atoms in total. The lowest BCUT2D eigenvalue weighted by Crippen LogP contribution is -2.16. The van der Waals surface area contributed by atoms with Crippen molar-refractivity contribution in [3.8, 4) is 11.8 Å². The zero-order valence-corrected chi connectivity index (χ0v) is 13.3. The van der Waals surface area contributed by atoms with E-state index >= 15 is 0 Å². The number of nitriles is 1. The van der Waals surface area contributed by atoms with Gasteiger partial charge in [-0.15, -0.1) is 0 Å². The zero-order chi connectivity index (χ0) is 16.2. The van der Waals surface area contributed by atoms with Gasteiger partial charge in [-0.2, -0.15) is 10.4 Å². The van der Waals surface area contributed by atoms with E-state index in [1.54, 1.807) is 26.0 Å². The lowest BCUT2D eigenvalue weighted by molar-refractivity contribution is 0.229. The maximum absolute atomic E-state index is 12.9. The van der Waals surface area contributed by atoms with Crippen LogP contribution in [-0.4, -0.2) is 23.0 Å². The van der Waals surface area contributed by atoms with Crippen LogP contribution in [0.5, 0.6) is 0 Å². The molecule has 0 aliphatic carbocycles. The lowest BCUT2D eigenvalue weighted by Gasteiger charge is -2.14. The van der Waals surface area contributed by atoms with Gasteiger partial charge >= 0.3 is 7.60 Å². The number of aromatic nitrogens is 2. The van der Waals surface area contributed by atoms with E-state index in [2.05, 4.69) is 5.10 Å². The molecule has 8 heteroatoms. The van der Waals surface area contributed by atoms with Crippen LogP contribution < -0.4 is 11.2 Å². The molecule has 0 aliphatic rings. The van der Waals surface area contributed by atoms with Gasteiger partial charge in [0.15, 0.2) is 5.44 Å². The van der Waals surface area contributed by atoms with E-state index < -0.39 is 7.60 Å². The molecule has 2 aromatic rings. The van der Waals surface area contributed by atoms with Crippen molar-refractivity contribution in [1.82, 2.24) is 9.78 Å². The molecule has 0 saturated carbocycles. The molecule has 2 rings (SSSR count). The standard InChI is InChI=1S/C14H17N4O3P/c1-3-20-22(19,21-4-2)14-12(10-15)13(16)18(17-14)11-8-6-5-7-9-11/h5-9H,3-4,16H2,1-2H3. The van der Waals surface area contributed by atoms with Crippen LogP contribution in [0.2, 0.25) is 0 Å². The summed E-state index contributed by atoms with van der Waals surface area (Å²) in [6.07, 6.45) is 0. The molecule has 0 atom stereocenters. The summed E-state index contributed by atoms with van der Waals surface area (Å²) >= 11 is 0. The highest BCUT2D eigenvalue weighted by Crippen LogP contribution is 2.47. The molecule has 0 spiro atoms. The molecule has 0 unspecified atom stereocenters. The predicted molar refractivity (Wildman–Crippen MR) is 83.2 cm³/mol. The number of anilines is 1. The van der Waals surface area contributed by atoms with Gasteiger partial charge in [0.25, 0.3) is 0 Å². The average molecular weight is 320 g/mol. The molecule has 1 aromatic heterocycles. The monoisotopic (exact) mass is 320 g/mol. The van der Waals surface area contributed by atoms with E-state index in [1.165, 1.54) is 4.68 Å². The molecule has 0 amide bonds. The Morgan fingerprint density at radius 1 is 1.27 bits per heavy atom. The molecule has 116 valence electrons. The maximum Gasteiger partial charge on any atom is 0.382 e. The molecule has 0 bridgehead atoms. The highest BCUT2D eigenvalue weighted by atomic mass is 31.2. The molecule has 0 saturated heterocycles. The Hall–Kier alpha value is -2.13. The number of para-hydroxylation sites is 1. The fourth-order valence-electron chi connectivity index (χ4n) is 1.98. The van der Waals surface area contributed by atoms with E-state index in [0.29, 0.717) is 5.69 Å². The van der Waals surface area contributed by atoms with Gasteiger partial charge in [0.2, 0.25) is 0 Å². The van der Waals surface area contributed by atoms with E-state index in [9.17, 15) is 9.83 Å². The van der Waals surface area contributed by atoms with Crippen LogP contribution in [0.25, 0.3) is 5.69 Å². The number of hydrogen-bond acceptors (Lipinski definition) is 6. The van der Waals surface area contributed by atoms with Gasteiger partial charge in [-0.1, -0.05) is 18.2 Å². The van der Waals surface area contributed by atoms with Crippen LogP contribution in [0.1, 0.15) is 19.4 Å². The van der Waals surface area contributed by atoms with Gasteiger partial charge < -0.3 is 14.8 Å². The molecule has 1 heterocycles. The number of hydrogen-bond donors (Lipinski definition) is 1. The van der Waals surface area contributed by atoms with Crippen molar-refractivity contribution in [2.75, 3.05) is 18.9 Å². The molecule has 0 fully saturated rings. The van der Waals surface area contributed by atoms with Gasteiger partial charge in [0, 0.05) is 0 Å². The zero-order valence-electron chi connectivity index (χ0n) is 12.4. The SMILES string of the molecule is CCOP(=O)(OCC)c1nn(-c2ccccc2)c(N)c1C#N. The smallest absolute Gasteiger partial charge is 0.382 e. The summed E-state index contributed by atoms with van der Waals surface area (Å²) in [4.78, 5) is 0. The first kappa shape index (κ1) is 16.2. The highest BCUT2D eigenvalue weighted by Gasteiger charge is 2.36. The van der Waals surface area contributed by atoms with Gasteiger partial charge in [0.1, 0.15) is 17.5 Å². The second kappa shape index (κ2) is 6.75. The maximum atomic E-state index is 12.9. The van der Waals surface area contributed by atoms with E-state index in [0.717, 1.165) is 0 Å². The van der Waals surface area contributed by atoms with E-state index in [4.69, 9.17) is 14.8 Å². The largest absolute Gasteiger partial charge is 0.382 e. The Morgan fingerprint density at radius 3 is 2.36 bits per heavy atom. The summed E-state index contributed by atoms with van der Waals surface area (Å²) in [5.41, 5.74) is 6.59. The number of rotatable bonds is 6. The minimum absolute atomic E-state index is 0.00841. The molecular formula is C14H17N4O3P. The third kappa shape index (κ3) is 2.90. The molecule has 22 heavy (non-hydrogen) atoms. The Morgan fingerprint density at radius 2 is 1.86 bits per heavy atom. The van der Waals surface area contributed by atoms with Crippen LogP contribution in [0, 0.1) is 11.3 Å². The number of benzene rings is 1. The summed E-state index contributed by atoms with van der Waals surface area (Å²) in [6, 6.07) is 11.0. The van der Waals surface area contributed by atoms with Gasteiger partial charge in [-0.05, 0) is 26.0 Å². The third-order valence-electron chi connectivity index (χ3n) is 2.87. The number of nitrogen functional groups attached to an aromatic ring is 1. The van der Waals surface area contributed by atoms with Crippen LogP contribution in [-0.2, 0) is 13.6 Å². The predicted octanol–water partition coefficient (Wildman–Crippen LogP) is 2.22. The fourth-order valence-corrected chi connectivity index (χ4v) is 3.62. The Bertz CT molecular complexity index is 727. The average Bonchev–Trinajstić information content (AvgIpc) is 2.86. The second-order valence-electron chi connectivity index (χ2n) is 4.28. The number of nitrogens with two attached hydrogens (primary N) is 1. The minimum atomic E-state index is -3.69. The summed E-state index contributed by atoms with van der Waals surface area (Å²) < 4.78 is 24.7. The Labute approximate surface area is 128 Å². The van der Waals surface area contributed by atoms with E-state index in [-0.39, 0.29) is 30.0 Å². The fraction of sp³-hybridized carbons (Fsp3) is 0.286. The summed E-state index contributed by atoms with van der Waals surface area (Å²) in [7, 11) is -3.69. The first-order chi connectivity index (χ1) is 10.6. The molecule has 2 N–H and O–H groups in total. The van der Waals surface area contributed by atoms with Crippen molar-refractivity contribution >= 4 is 18.8 Å². The van der Waals surface area contributed by atoms with Crippen molar-refractivity contribution in [3.63, 3.8) is 0 Å². The van der Waals surface area contributed by atoms with Gasteiger partial charge in [0.05, 0.1) is 18.9 Å². The Kier molecular flexibility index (Phi) is 4.99. The first-order valence-corrected chi connectivity index (χ1v) is 8.35. The van der Waals surface area contributed by atoms with Crippen LogP contribution in [0.15, 0.2) is 30.3 Å². The topological polar surface area (TPSA) is 103 Å². The minimum Gasteiger partial charge on any atom is -0.382 e. The molecular weight excluding hydrogens is 303 g/mol. The van der Waals surface area contributed by atoms with Crippen molar-refractivity contribution in [2.24, 2.45) is 0 Å². The summed E-state index contributed by atoms with van der Waals surface area (Å²) in [5.74, 6) is 0.100. The second-order valence-corrected chi connectivity index (χ2v) is 6.21. The van der Waals surface area contributed by atoms with Crippen molar-refractivity contribution < 1.29 is 13.6 Å². The highest BCUT2D eigenvalue weighted by molar-refractivity contribution is 7.62. The summed E-state index contributed by atoms with van der Waals surface area (Å²) in [6.45, 7) is 3.71. The first-order valence-electron chi connectivity index (χ1n) is 6.81. The van der Waals surface area contributed by atoms with E-state index in [1.807, 2.05) is 24.3 Å². The quantitative estimate of drug-likeness (QED) is 0.819. The van der Waals surface area contributed by atoms with Crippen molar-refractivity contribution in [2.45, 2.75) is 13.8 Å². The lowest BCUT2D eigenvalue weighted by atomic mass is 10.3. The van der Waals surface area contributed by atoms with Crippen LogP contribution in [0.3, 0.4) is 0 Å². The summed E-state index contributed by atoms with van der Waals surface area (Å²) in [5, 5.41) is 13.6. The van der Waals surface area contributed by atoms with Crippen LogP contribution in [0.4, 0.5) is 5.82 Å². The number of nitrogens with zero attached hydrogens (tertiary/aromatic N) is 3. The normalized spacial score (nSPS) is 11.3. The van der Waals surface area contributed by atoms with Gasteiger partial charge in [-0.3, -0.25) is 4.57 Å². The van der Waals surface area contributed by atoms with Gasteiger partial charge in [-0.25, -0.2) is 4.68 Å². The molecule has 1 aromatic carbocycles. The van der Waals surface area contributed by atoms with Crippen molar-refractivity contribution in [1.29, 1.82) is 5.26 Å². The third-order valence-corrected chi connectivity index (χ3v) is 4.90. The van der Waals surface area contributed by atoms with Crippen LogP contribution >= 0.6 is 7.60 Å². The Balaban J connectivity index is 2.63. The molecule has 0 radical (unpaired) electrons. The molecule has 0 aliphatic heterocycles.